The summed E-state index contributed by atoms with van der Waals surface area (Å²) in [5, 5.41) is 11.2. The summed E-state index contributed by atoms with van der Waals surface area (Å²) in [6, 6.07) is 16.7. The Labute approximate surface area is 186 Å². The molecule has 1 unspecified atom stereocenters. The molecule has 4 rings (SSSR count). The van der Waals surface area contributed by atoms with Gasteiger partial charge in [-0.05, 0) is 75.7 Å². The molecule has 2 heterocycles. The number of nitrogens with zero attached hydrogens (tertiary/aromatic N) is 1. The van der Waals surface area contributed by atoms with Crippen LogP contribution in [-0.4, -0.2) is 22.9 Å². The summed E-state index contributed by atoms with van der Waals surface area (Å²) in [4.78, 5) is 27.7. The Morgan fingerprint density at radius 2 is 1.69 bits per heavy atom. The van der Waals surface area contributed by atoms with E-state index in [9.17, 15) is 14.7 Å². The van der Waals surface area contributed by atoms with Gasteiger partial charge in [-0.2, -0.15) is 0 Å². The molecule has 164 valence electrons. The fourth-order valence-electron chi connectivity index (χ4n) is 3.90. The van der Waals surface area contributed by atoms with Gasteiger partial charge in [-0.3, -0.25) is 14.5 Å². The van der Waals surface area contributed by atoms with Crippen LogP contribution < -0.4 is 9.64 Å². The molecule has 0 aliphatic carbocycles. The molecule has 3 aromatic rings. The fourth-order valence-corrected chi connectivity index (χ4v) is 3.90. The number of anilines is 1. The first-order valence-corrected chi connectivity index (χ1v) is 10.5. The summed E-state index contributed by atoms with van der Waals surface area (Å²) in [5.41, 5.74) is 1.83. The summed E-state index contributed by atoms with van der Waals surface area (Å²) < 4.78 is 11.5. The molecule has 0 bridgehead atoms. The molecule has 1 amide bonds. The molecule has 1 aliphatic heterocycles. The minimum absolute atomic E-state index is 0.00914. The van der Waals surface area contributed by atoms with Crippen LogP contribution in [0.4, 0.5) is 5.69 Å². The quantitative estimate of drug-likeness (QED) is 0.336. The zero-order chi connectivity index (χ0) is 23.0. The second kappa shape index (κ2) is 8.38. The van der Waals surface area contributed by atoms with E-state index in [0.29, 0.717) is 28.5 Å². The van der Waals surface area contributed by atoms with Crippen molar-refractivity contribution in [1.82, 2.24) is 0 Å². The van der Waals surface area contributed by atoms with Crippen molar-refractivity contribution in [3.05, 3.63) is 88.9 Å². The summed E-state index contributed by atoms with van der Waals surface area (Å²) >= 11 is 0. The monoisotopic (exact) mass is 431 g/mol. The lowest BCUT2D eigenvalue weighted by Gasteiger charge is -2.25. The minimum Gasteiger partial charge on any atom is -0.507 e. The van der Waals surface area contributed by atoms with Gasteiger partial charge in [-0.15, -0.1) is 0 Å². The fraction of sp³-hybridized carbons (Fsp3) is 0.231. The second-order valence-electron chi connectivity index (χ2n) is 8.09. The van der Waals surface area contributed by atoms with Crippen LogP contribution in [0.3, 0.4) is 0 Å². The molecule has 1 saturated heterocycles. The van der Waals surface area contributed by atoms with Crippen molar-refractivity contribution >= 4 is 23.1 Å². The van der Waals surface area contributed by atoms with Gasteiger partial charge in [0.1, 0.15) is 29.1 Å². The number of ether oxygens (including phenoxy) is 1. The van der Waals surface area contributed by atoms with Crippen molar-refractivity contribution in [1.29, 1.82) is 0 Å². The van der Waals surface area contributed by atoms with E-state index >= 15 is 0 Å². The van der Waals surface area contributed by atoms with Crippen LogP contribution in [0.25, 0.3) is 5.76 Å². The molecule has 1 fully saturated rings. The number of aliphatic hydroxyl groups excluding tert-OH is 1. The Morgan fingerprint density at radius 1 is 1.00 bits per heavy atom. The Bertz CT molecular complexity index is 1200. The Kier molecular flexibility index (Phi) is 5.61. The Hall–Kier alpha value is -3.80. The molecule has 6 nitrogen and oxygen atoms in total. The topological polar surface area (TPSA) is 80.0 Å². The van der Waals surface area contributed by atoms with Gasteiger partial charge >= 0.3 is 0 Å². The molecule has 0 radical (unpaired) electrons. The van der Waals surface area contributed by atoms with E-state index in [1.54, 1.807) is 55.5 Å². The van der Waals surface area contributed by atoms with E-state index in [2.05, 4.69) is 0 Å². The molecule has 1 aliphatic rings. The molecule has 1 atom stereocenters. The van der Waals surface area contributed by atoms with Crippen molar-refractivity contribution < 1.29 is 23.8 Å². The lowest BCUT2D eigenvalue weighted by atomic mass is 9.99. The number of rotatable bonds is 5. The van der Waals surface area contributed by atoms with E-state index in [-0.39, 0.29) is 17.4 Å². The highest BCUT2D eigenvalue weighted by molar-refractivity contribution is 6.51. The van der Waals surface area contributed by atoms with Gasteiger partial charge in [0.15, 0.2) is 0 Å². The normalized spacial score (nSPS) is 17.9. The van der Waals surface area contributed by atoms with Crippen molar-refractivity contribution in [2.45, 2.75) is 39.8 Å². The van der Waals surface area contributed by atoms with Gasteiger partial charge < -0.3 is 14.3 Å². The molecule has 2 aromatic carbocycles. The van der Waals surface area contributed by atoms with Gasteiger partial charge in [0.05, 0.1) is 11.7 Å². The van der Waals surface area contributed by atoms with Crippen molar-refractivity contribution in [2.24, 2.45) is 0 Å². The number of amides is 1. The molecule has 1 N–H and O–H groups in total. The number of hydrogen-bond donors (Lipinski definition) is 1. The highest BCUT2D eigenvalue weighted by Crippen LogP contribution is 2.43. The maximum Gasteiger partial charge on any atom is 0.300 e. The predicted molar refractivity (Wildman–Crippen MR) is 122 cm³/mol. The number of aliphatic hydroxyl groups is 1. The van der Waals surface area contributed by atoms with E-state index < -0.39 is 17.7 Å². The highest BCUT2D eigenvalue weighted by atomic mass is 16.5. The molecule has 6 heteroatoms. The smallest absolute Gasteiger partial charge is 0.300 e. The van der Waals surface area contributed by atoms with Gasteiger partial charge in [-0.25, -0.2) is 0 Å². The lowest BCUT2D eigenvalue weighted by Crippen LogP contribution is -2.29. The summed E-state index contributed by atoms with van der Waals surface area (Å²) in [5.74, 6) is -0.0199. The third-order valence-corrected chi connectivity index (χ3v) is 5.35. The Balaban J connectivity index is 1.86. The van der Waals surface area contributed by atoms with Gasteiger partial charge in [0.25, 0.3) is 11.7 Å². The zero-order valence-corrected chi connectivity index (χ0v) is 18.5. The first-order valence-electron chi connectivity index (χ1n) is 10.5. The maximum absolute atomic E-state index is 13.1. The van der Waals surface area contributed by atoms with E-state index in [1.165, 1.54) is 4.90 Å². The van der Waals surface area contributed by atoms with Crippen molar-refractivity contribution in [3.63, 3.8) is 0 Å². The molecule has 32 heavy (non-hydrogen) atoms. The molecule has 1 aromatic heterocycles. The minimum atomic E-state index is -0.878. The number of Topliss-reactive ketones (excluding diaryl/α,β-unsaturated/α-hetero) is 1. The third kappa shape index (κ3) is 3.80. The number of carbonyl (C=O) groups is 2. The van der Waals surface area contributed by atoms with Crippen LogP contribution in [0.1, 0.15) is 42.5 Å². The largest absolute Gasteiger partial charge is 0.507 e. The van der Waals surface area contributed by atoms with Crippen LogP contribution in [-0.2, 0) is 9.59 Å². The van der Waals surface area contributed by atoms with Crippen molar-refractivity contribution in [3.8, 4) is 5.75 Å². The van der Waals surface area contributed by atoms with Crippen LogP contribution >= 0.6 is 0 Å². The van der Waals surface area contributed by atoms with Crippen LogP contribution in [0, 0.1) is 13.8 Å². The van der Waals surface area contributed by atoms with Crippen LogP contribution in [0.15, 0.2) is 70.7 Å². The summed E-state index contributed by atoms with van der Waals surface area (Å²) in [6.07, 6.45) is 0.0103. The van der Waals surface area contributed by atoms with E-state index in [0.717, 1.165) is 5.56 Å². The summed E-state index contributed by atoms with van der Waals surface area (Å²) in [7, 11) is 0. The number of ketones is 1. The standard InChI is InChI=1S/C26H25NO5/c1-15(2)31-19-12-10-18(11-13-19)24(28)22-23(21-14-9-17(4)32-21)27(26(30)25(22)29)20-8-6-5-7-16(20)3/h5-15,23,28H,1-4H3/b24-22-. The molecule has 0 saturated carbocycles. The predicted octanol–water partition coefficient (Wildman–Crippen LogP) is 5.31. The van der Waals surface area contributed by atoms with Crippen molar-refractivity contribution in [2.75, 3.05) is 4.90 Å². The lowest BCUT2D eigenvalue weighted by molar-refractivity contribution is -0.132. The van der Waals surface area contributed by atoms with Gasteiger partial charge in [-0.1, -0.05) is 18.2 Å². The number of benzene rings is 2. The third-order valence-electron chi connectivity index (χ3n) is 5.35. The molecular formula is C26H25NO5. The zero-order valence-electron chi connectivity index (χ0n) is 18.5. The number of para-hydroxylation sites is 1. The second-order valence-corrected chi connectivity index (χ2v) is 8.09. The first-order chi connectivity index (χ1) is 15.3. The molecule has 0 spiro atoms. The SMILES string of the molecule is Cc1ccc(C2/C(=C(/O)c3ccc(OC(C)C)cc3)C(=O)C(=O)N2c2ccccc2C)o1. The van der Waals surface area contributed by atoms with Crippen LogP contribution in [0.2, 0.25) is 0 Å². The Morgan fingerprint density at radius 3 is 2.28 bits per heavy atom. The number of aryl methyl sites for hydroxylation is 2. The van der Waals surface area contributed by atoms with Gasteiger partial charge in [0.2, 0.25) is 0 Å². The number of furan rings is 1. The van der Waals surface area contributed by atoms with Crippen LogP contribution in [0.5, 0.6) is 5.75 Å². The highest BCUT2D eigenvalue weighted by Gasteiger charge is 2.48. The number of hydrogen-bond acceptors (Lipinski definition) is 5. The summed E-state index contributed by atoms with van der Waals surface area (Å²) in [6.45, 7) is 7.50. The maximum atomic E-state index is 13.1. The average Bonchev–Trinajstić information content (AvgIpc) is 3.29. The molecular weight excluding hydrogens is 406 g/mol. The van der Waals surface area contributed by atoms with E-state index in [4.69, 9.17) is 9.15 Å². The first kappa shape index (κ1) is 21.4. The number of carbonyl (C=O) groups excluding carboxylic acids is 2. The van der Waals surface area contributed by atoms with Gasteiger partial charge in [0, 0.05) is 11.3 Å². The average molecular weight is 431 g/mol. The van der Waals surface area contributed by atoms with E-state index in [1.807, 2.05) is 32.9 Å².